The molecule has 70 valence electrons. The van der Waals surface area contributed by atoms with Crippen LogP contribution in [0.5, 0.6) is 0 Å². The first-order chi connectivity index (χ1) is 6.27. The van der Waals surface area contributed by atoms with Crippen LogP contribution in [0.1, 0.15) is 24.0 Å². The summed E-state index contributed by atoms with van der Waals surface area (Å²) < 4.78 is 0. The van der Waals surface area contributed by atoms with Crippen LogP contribution in [0.4, 0.5) is 0 Å². The number of hydrogen-bond donors (Lipinski definition) is 1. The van der Waals surface area contributed by atoms with Crippen molar-refractivity contribution in [3.05, 3.63) is 35.4 Å². The van der Waals surface area contributed by atoms with Crippen molar-refractivity contribution < 1.29 is 9.90 Å². The highest BCUT2D eigenvalue weighted by Crippen LogP contribution is 2.13. The fourth-order valence-electron chi connectivity index (χ4n) is 1.20. The average molecular weight is 178 g/mol. The zero-order valence-corrected chi connectivity index (χ0v) is 7.73. The molecular weight excluding hydrogens is 164 g/mol. The Morgan fingerprint density at radius 3 is 2.46 bits per heavy atom. The van der Waals surface area contributed by atoms with Gasteiger partial charge in [0.25, 0.3) is 0 Å². The molecule has 0 fully saturated rings. The van der Waals surface area contributed by atoms with E-state index in [1.807, 2.05) is 31.2 Å². The molecule has 0 aliphatic heterocycles. The van der Waals surface area contributed by atoms with Crippen LogP contribution in [0.3, 0.4) is 0 Å². The van der Waals surface area contributed by atoms with Gasteiger partial charge in [-0.1, -0.05) is 31.2 Å². The Kier molecular flexibility index (Phi) is 3.65. The molecule has 0 bridgehead atoms. The minimum absolute atomic E-state index is 0.0387. The molecule has 0 aliphatic carbocycles. The predicted molar refractivity (Wildman–Crippen MR) is 51.7 cm³/mol. The molecule has 1 rings (SSSR count). The number of aldehydes is 1. The molecule has 2 nitrogen and oxygen atoms in total. The Bertz CT molecular complexity index is 264. The fourth-order valence-corrected chi connectivity index (χ4v) is 1.20. The van der Waals surface area contributed by atoms with E-state index in [0.717, 1.165) is 17.4 Å². The summed E-state index contributed by atoms with van der Waals surface area (Å²) >= 11 is 0. The smallest absolute Gasteiger partial charge is 0.127 e. The highest BCUT2D eigenvalue weighted by molar-refractivity contribution is 5.61. The largest absolute Gasteiger partial charge is 0.396 e. The Hall–Kier alpha value is -1.15. The van der Waals surface area contributed by atoms with E-state index in [-0.39, 0.29) is 12.5 Å². The third-order valence-corrected chi connectivity index (χ3v) is 2.11. The summed E-state index contributed by atoms with van der Waals surface area (Å²) in [4.78, 5) is 10.5. The lowest BCUT2D eigenvalue weighted by Crippen LogP contribution is -1.95. The summed E-state index contributed by atoms with van der Waals surface area (Å²) in [5, 5.41) is 8.69. The number of aliphatic hydroxyl groups excluding tert-OH is 1. The molecule has 1 N–H and O–H groups in total. The Balaban J connectivity index is 2.74. The SMILES string of the molecule is CC(C=O)c1ccc(CCO)cc1. The van der Waals surface area contributed by atoms with Crippen LogP contribution in [0.2, 0.25) is 0 Å². The maximum absolute atomic E-state index is 10.5. The van der Waals surface area contributed by atoms with Gasteiger partial charge in [-0.25, -0.2) is 0 Å². The number of rotatable bonds is 4. The van der Waals surface area contributed by atoms with Crippen LogP contribution in [0, 0.1) is 0 Å². The lowest BCUT2D eigenvalue weighted by molar-refractivity contribution is -0.108. The number of aliphatic hydroxyl groups is 1. The second-order valence-electron chi connectivity index (χ2n) is 3.14. The zero-order valence-electron chi connectivity index (χ0n) is 7.73. The van der Waals surface area contributed by atoms with Gasteiger partial charge in [0.05, 0.1) is 0 Å². The van der Waals surface area contributed by atoms with E-state index in [2.05, 4.69) is 0 Å². The van der Waals surface area contributed by atoms with Crippen LogP contribution in [-0.2, 0) is 11.2 Å². The van der Waals surface area contributed by atoms with Crippen LogP contribution in [0.25, 0.3) is 0 Å². The number of benzene rings is 1. The number of hydrogen-bond acceptors (Lipinski definition) is 2. The lowest BCUT2D eigenvalue weighted by Gasteiger charge is -2.04. The molecule has 0 amide bonds. The van der Waals surface area contributed by atoms with Gasteiger partial charge >= 0.3 is 0 Å². The predicted octanol–water partition coefficient (Wildman–Crippen LogP) is 1.52. The summed E-state index contributed by atoms with van der Waals surface area (Å²) in [5.74, 6) is -0.0387. The first kappa shape index (κ1) is 9.93. The van der Waals surface area contributed by atoms with Crippen molar-refractivity contribution >= 4 is 6.29 Å². The normalized spacial score (nSPS) is 12.5. The molecule has 1 aromatic rings. The molecule has 13 heavy (non-hydrogen) atoms. The maximum Gasteiger partial charge on any atom is 0.127 e. The summed E-state index contributed by atoms with van der Waals surface area (Å²) in [6.07, 6.45) is 1.61. The monoisotopic (exact) mass is 178 g/mol. The van der Waals surface area contributed by atoms with Gasteiger partial charge in [-0.15, -0.1) is 0 Å². The van der Waals surface area contributed by atoms with E-state index in [4.69, 9.17) is 5.11 Å². The molecule has 0 heterocycles. The zero-order chi connectivity index (χ0) is 9.68. The molecular formula is C11H14O2. The molecule has 0 aliphatic rings. The van der Waals surface area contributed by atoms with E-state index < -0.39 is 0 Å². The van der Waals surface area contributed by atoms with E-state index in [9.17, 15) is 4.79 Å². The van der Waals surface area contributed by atoms with E-state index >= 15 is 0 Å². The van der Waals surface area contributed by atoms with Crippen molar-refractivity contribution in [3.8, 4) is 0 Å². The van der Waals surface area contributed by atoms with Crippen molar-refractivity contribution in [2.24, 2.45) is 0 Å². The van der Waals surface area contributed by atoms with E-state index in [1.165, 1.54) is 0 Å². The van der Waals surface area contributed by atoms with Crippen molar-refractivity contribution in [1.82, 2.24) is 0 Å². The van der Waals surface area contributed by atoms with Crippen molar-refractivity contribution in [1.29, 1.82) is 0 Å². The van der Waals surface area contributed by atoms with Gasteiger partial charge in [0.1, 0.15) is 6.29 Å². The van der Waals surface area contributed by atoms with Gasteiger partial charge in [-0.3, -0.25) is 0 Å². The first-order valence-electron chi connectivity index (χ1n) is 4.43. The van der Waals surface area contributed by atoms with Crippen LogP contribution < -0.4 is 0 Å². The highest BCUT2D eigenvalue weighted by Gasteiger charge is 2.02. The third kappa shape index (κ3) is 2.67. The molecule has 1 unspecified atom stereocenters. The number of carbonyl (C=O) groups excluding carboxylic acids is 1. The molecule has 2 heteroatoms. The topological polar surface area (TPSA) is 37.3 Å². The van der Waals surface area contributed by atoms with Gasteiger partial charge in [-0.2, -0.15) is 0 Å². The van der Waals surface area contributed by atoms with Crippen molar-refractivity contribution in [2.75, 3.05) is 6.61 Å². The quantitative estimate of drug-likeness (QED) is 0.710. The van der Waals surface area contributed by atoms with E-state index in [0.29, 0.717) is 6.42 Å². The van der Waals surface area contributed by atoms with Crippen molar-refractivity contribution in [3.63, 3.8) is 0 Å². The average Bonchev–Trinajstić information content (AvgIpc) is 2.18. The molecule has 0 aromatic heterocycles. The second-order valence-corrected chi connectivity index (χ2v) is 3.14. The van der Waals surface area contributed by atoms with Gasteiger partial charge in [0, 0.05) is 12.5 Å². The van der Waals surface area contributed by atoms with E-state index in [1.54, 1.807) is 0 Å². The van der Waals surface area contributed by atoms with Gasteiger partial charge < -0.3 is 9.90 Å². The number of carbonyl (C=O) groups is 1. The lowest BCUT2D eigenvalue weighted by atomic mass is 10.0. The first-order valence-corrected chi connectivity index (χ1v) is 4.43. The van der Waals surface area contributed by atoms with Gasteiger partial charge in [-0.05, 0) is 17.5 Å². The summed E-state index contributed by atoms with van der Waals surface area (Å²) in [7, 11) is 0. The summed E-state index contributed by atoms with van der Waals surface area (Å²) in [6.45, 7) is 2.04. The molecule has 0 saturated heterocycles. The molecule has 0 spiro atoms. The third-order valence-electron chi connectivity index (χ3n) is 2.11. The molecule has 1 atom stereocenters. The highest BCUT2D eigenvalue weighted by atomic mass is 16.2. The standard InChI is InChI=1S/C11H14O2/c1-9(8-13)11-4-2-10(3-5-11)6-7-12/h2-5,8-9,12H,6-7H2,1H3. The molecule has 0 radical (unpaired) electrons. The van der Waals surface area contributed by atoms with Crippen LogP contribution in [0.15, 0.2) is 24.3 Å². The van der Waals surface area contributed by atoms with Gasteiger partial charge in [0.15, 0.2) is 0 Å². The molecule has 0 saturated carbocycles. The minimum Gasteiger partial charge on any atom is -0.396 e. The maximum atomic E-state index is 10.5. The molecule has 1 aromatic carbocycles. The summed E-state index contributed by atoms with van der Waals surface area (Å²) in [6, 6.07) is 7.77. The summed E-state index contributed by atoms with van der Waals surface area (Å²) in [5.41, 5.74) is 2.13. The van der Waals surface area contributed by atoms with Crippen molar-refractivity contribution in [2.45, 2.75) is 19.3 Å². The van der Waals surface area contributed by atoms with Crippen LogP contribution in [-0.4, -0.2) is 18.0 Å². The van der Waals surface area contributed by atoms with Crippen LogP contribution >= 0.6 is 0 Å². The Morgan fingerprint density at radius 1 is 1.38 bits per heavy atom. The fraction of sp³-hybridized carbons (Fsp3) is 0.364. The Morgan fingerprint density at radius 2 is 2.00 bits per heavy atom. The Labute approximate surface area is 78.2 Å². The second kappa shape index (κ2) is 4.77. The van der Waals surface area contributed by atoms with Gasteiger partial charge in [0.2, 0.25) is 0 Å². The minimum atomic E-state index is -0.0387.